The molecule has 4 nitrogen and oxygen atoms in total. The highest BCUT2D eigenvalue weighted by Gasteiger charge is 2.21. The SMILES string of the molecule is O=P(O)(O)Oc1cccc(-c2ccccc2)c1-c1ccccc1. The molecule has 0 fully saturated rings. The van der Waals surface area contributed by atoms with Crippen molar-refractivity contribution in [3.63, 3.8) is 0 Å². The fourth-order valence-corrected chi connectivity index (χ4v) is 2.90. The molecule has 0 saturated heterocycles. The lowest BCUT2D eigenvalue weighted by Gasteiger charge is -2.16. The third-order valence-electron chi connectivity index (χ3n) is 3.39. The van der Waals surface area contributed by atoms with Crippen LogP contribution in [0.25, 0.3) is 22.3 Å². The summed E-state index contributed by atoms with van der Waals surface area (Å²) < 4.78 is 16.2. The van der Waals surface area contributed by atoms with Crippen molar-refractivity contribution in [1.29, 1.82) is 0 Å². The third kappa shape index (κ3) is 3.69. The van der Waals surface area contributed by atoms with Gasteiger partial charge in [-0.05, 0) is 22.8 Å². The molecule has 3 rings (SSSR count). The largest absolute Gasteiger partial charge is 0.524 e. The maximum absolute atomic E-state index is 11.3. The van der Waals surface area contributed by atoms with Gasteiger partial charge in [-0.25, -0.2) is 4.57 Å². The molecule has 0 atom stereocenters. The summed E-state index contributed by atoms with van der Waals surface area (Å²) in [7, 11) is -4.65. The minimum absolute atomic E-state index is 0.158. The van der Waals surface area contributed by atoms with Crippen LogP contribution >= 0.6 is 7.82 Å². The monoisotopic (exact) mass is 326 g/mol. The Morgan fingerprint density at radius 3 is 1.83 bits per heavy atom. The van der Waals surface area contributed by atoms with Crippen molar-refractivity contribution in [3.8, 4) is 28.0 Å². The molecule has 116 valence electrons. The number of phosphoric ester groups is 1. The summed E-state index contributed by atoms with van der Waals surface area (Å²) in [5.41, 5.74) is 3.28. The standard InChI is InChI=1S/C18H15O4P/c19-23(20,21)22-17-13-7-12-16(14-8-3-1-4-9-14)18(17)15-10-5-2-6-11-15/h1-13H,(H2,19,20,21). The molecule has 0 aliphatic rings. The molecule has 0 unspecified atom stereocenters. The van der Waals surface area contributed by atoms with Gasteiger partial charge < -0.3 is 4.52 Å². The van der Waals surface area contributed by atoms with E-state index in [0.29, 0.717) is 5.56 Å². The molecule has 3 aromatic rings. The maximum atomic E-state index is 11.3. The van der Waals surface area contributed by atoms with E-state index in [4.69, 9.17) is 4.52 Å². The Morgan fingerprint density at radius 2 is 1.26 bits per heavy atom. The molecule has 0 saturated carbocycles. The third-order valence-corrected chi connectivity index (χ3v) is 3.83. The van der Waals surface area contributed by atoms with Crippen LogP contribution in [0.5, 0.6) is 5.75 Å². The van der Waals surface area contributed by atoms with Gasteiger partial charge in [0, 0.05) is 5.56 Å². The summed E-state index contributed by atoms with van der Waals surface area (Å²) in [5.74, 6) is 0.158. The lowest BCUT2D eigenvalue weighted by molar-refractivity contribution is 0.283. The van der Waals surface area contributed by atoms with E-state index in [2.05, 4.69) is 0 Å². The average molecular weight is 326 g/mol. The lowest BCUT2D eigenvalue weighted by atomic mass is 9.94. The van der Waals surface area contributed by atoms with E-state index in [1.165, 1.54) is 0 Å². The molecule has 2 N–H and O–H groups in total. The van der Waals surface area contributed by atoms with Gasteiger partial charge in [0.15, 0.2) is 0 Å². The maximum Gasteiger partial charge on any atom is 0.524 e. The van der Waals surface area contributed by atoms with Crippen LogP contribution in [0.4, 0.5) is 0 Å². The van der Waals surface area contributed by atoms with E-state index in [0.717, 1.165) is 16.7 Å². The first-order valence-corrected chi connectivity index (χ1v) is 8.56. The summed E-state index contributed by atoms with van der Waals surface area (Å²) in [6.07, 6.45) is 0. The van der Waals surface area contributed by atoms with E-state index in [1.807, 2.05) is 66.7 Å². The van der Waals surface area contributed by atoms with Crippen molar-refractivity contribution >= 4 is 7.82 Å². The van der Waals surface area contributed by atoms with Gasteiger partial charge in [0.25, 0.3) is 0 Å². The quantitative estimate of drug-likeness (QED) is 0.693. The molecular formula is C18H15O4P. The fourth-order valence-electron chi connectivity index (χ4n) is 2.50. The van der Waals surface area contributed by atoms with Gasteiger partial charge in [0.05, 0.1) is 0 Å². The van der Waals surface area contributed by atoms with Crippen molar-refractivity contribution in [3.05, 3.63) is 78.9 Å². The number of hydrogen-bond acceptors (Lipinski definition) is 2. The second-order valence-electron chi connectivity index (χ2n) is 4.99. The molecule has 3 aromatic carbocycles. The van der Waals surface area contributed by atoms with Crippen molar-refractivity contribution in [2.24, 2.45) is 0 Å². The Balaban J connectivity index is 2.25. The zero-order valence-electron chi connectivity index (χ0n) is 12.2. The zero-order valence-corrected chi connectivity index (χ0v) is 13.1. The molecule has 0 amide bonds. The average Bonchev–Trinajstić information content (AvgIpc) is 2.55. The zero-order chi connectivity index (χ0) is 16.3. The minimum Gasteiger partial charge on any atom is -0.404 e. The normalized spacial score (nSPS) is 11.2. The van der Waals surface area contributed by atoms with Crippen molar-refractivity contribution < 1.29 is 18.9 Å². The van der Waals surface area contributed by atoms with Crippen molar-refractivity contribution in [2.75, 3.05) is 0 Å². The number of phosphoric acid groups is 1. The molecule has 0 radical (unpaired) electrons. The van der Waals surface area contributed by atoms with Gasteiger partial charge in [-0.2, -0.15) is 0 Å². The molecular weight excluding hydrogens is 311 g/mol. The Labute approximate surface area is 134 Å². The van der Waals surface area contributed by atoms with Gasteiger partial charge in [-0.15, -0.1) is 0 Å². The van der Waals surface area contributed by atoms with E-state index in [-0.39, 0.29) is 5.75 Å². The van der Waals surface area contributed by atoms with Crippen LogP contribution < -0.4 is 4.52 Å². The predicted molar refractivity (Wildman–Crippen MR) is 90.0 cm³/mol. The van der Waals surface area contributed by atoms with E-state index in [9.17, 15) is 14.4 Å². The van der Waals surface area contributed by atoms with Crippen molar-refractivity contribution in [1.82, 2.24) is 0 Å². The molecule has 23 heavy (non-hydrogen) atoms. The van der Waals surface area contributed by atoms with Crippen LogP contribution in [0.2, 0.25) is 0 Å². The Hall–Kier alpha value is -2.39. The summed E-state index contributed by atoms with van der Waals surface area (Å²) in [6, 6.07) is 24.2. The predicted octanol–water partition coefficient (Wildman–Crippen LogP) is 4.49. The van der Waals surface area contributed by atoms with Crippen LogP contribution in [0.3, 0.4) is 0 Å². The highest BCUT2D eigenvalue weighted by atomic mass is 31.2. The first kappa shape index (κ1) is 15.5. The Kier molecular flexibility index (Phi) is 4.30. The fraction of sp³-hybridized carbons (Fsp3) is 0. The van der Waals surface area contributed by atoms with Gasteiger partial charge >= 0.3 is 7.82 Å². The summed E-state index contributed by atoms with van der Waals surface area (Å²) >= 11 is 0. The van der Waals surface area contributed by atoms with Crippen LogP contribution in [-0.2, 0) is 4.57 Å². The first-order chi connectivity index (χ1) is 11.0. The highest BCUT2D eigenvalue weighted by molar-refractivity contribution is 7.46. The van der Waals surface area contributed by atoms with Crippen LogP contribution in [0.1, 0.15) is 0 Å². The summed E-state index contributed by atoms with van der Waals surface area (Å²) in [4.78, 5) is 18.4. The van der Waals surface area contributed by atoms with Gasteiger partial charge in [-0.3, -0.25) is 9.79 Å². The highest BCUT2D eigenvalue weighted by Crippen LogP contribution is 2.45. The summed E-state index contributed by atoms with van der Waals surface area (Å²) in [5, 5.41) is 0. The molecule has 0 aliphatic heterocycles. The van der Waals surface area contributed by atoms with Gasteiger partial charge in [-0.1, -0.05) is 72.8 Å². The molecule has 0 aliphatic carbocycles. The number of hydrogen-bond donors (Lipinski definition) is 2. The molecule has 0 aromatic heterocycles. The van der Waals surface area contributed by atoms with Crippen LogP contribution in [0.15, 0.2) is 78.9 Å². The van der Waals surface area contributed by atoms with E-state index in [1.54, 1.807) is 12.1 Å². The molecule has 0 bridgehead atoms. The summed E-state index contributed by atoms with van der Waals surface area (Å²) in [6.45, 7) is 0. The molecule has 0 spiro atoms. The van der Waals surface area contributed by atoms with Crippen LogP contribution in [0, 0.1) is 0 Å². The minimum atomic E-state index is -4.65. The topological polar surface area (TPSA) is 66.8 Å². The van der Waals surface area contributed by atoms with E-state index < -0.39 is 7.82 Å². The second kappa shape index (κ2) is 6.39. The Bertz CT molecular complexity index is 841. The number of benzene rings is 3. The van der Waals surface area contributed by atoms with Gasteiger partial charge in [0.2, 0.25) is 0 Å². The number of rotatable bonds is 4. The second-order valence-corrected chi connectivity index (χ2v) is 6.16. The first-order valence-electron chi connectivity index (χ1n) is 7.03. The van der Waals surface area contributed by atoms with E-state index >= 15 is 0 Å². The molecule has 0 heterocycles. The van der Waals surface area contributed by atoms with Crippen molar-refractivity contribution in [2.45, 2.75) is 0 Å². The Morgan fingerprint density at radius 1 is 0.696 bits per heavy atom. The lowest BCUT2D eigenvalue weighted by Crippen LogP contribution is -1.95. The van der Waals surface area contributed by atoms with Crippen LogP contribution in [-0.4, -0.2) is 9.79 Å². The molecule has 5 heteroatoms. The smallest absolute Gasteiger partial charge is 0.404 e. The van der Waals surface area contributed by atoms with Gasteiger partial charge in [0.1, 0.15) is 5.75 Å².